The maximum Gasteiger partial charge on any atom is 0.412 e. The summed E-state index contributed by atoms with van der Waals surface area (Å²) in [6.07, 6.45) is 1.16. The molecule has 2 aromatic carbocycles. The Morgan fingerprint density at radius 1 is 0.964 bits per heavy atom. The van der Waals surface area contributed by atoms with Crippen LogP contribution < -0.4 is 28.3 Å². The highest BCUT2D eigenvalue weighted by Crippen LogP contribution is 2.23. The lowest BCUT2D eigenvalue weighted by Crippen LogP contribution is -2.27. The standard InChI is InChI=1S/C11H17N3O2.C9H9N3/c1-11(2,3)16-10(15)14-9-6-7(12)4-5-8(9)13;10-7-3-4-8(11)9-6(7)2-1-5-12-9/h4-6H,12-13H2,1-3H3,(H,14,15);1-5H,10-11H2. The van der Waals surface area contributed by atoms with Gasteiger partial charge in [0, 0.05) is 23.0 Å². The van der Waals surface area contributed by atoms with Crippen molar-refractivity contribution >= 4 is 45.4 Å². The number of fused-ring (bicyclic) bond motifs is 1. The maximum absolute atomic E-state index is 11.5. The number of nitrogen functional groups attached to an aromatic ring is 4. The zero-order chi connectivity index (χ0) is 20.9. The molecule has 1 aromatic heterocycles. The summed E-state index contributed by atoms with van der Waals surface area (Å²) < 4.78 is 5.09. The van der Waals surface area contributed by atoms with E-state index in [1.807, 2.05) is 12.1 Å². The van der Waals surface area contributed by atoms with E-state index in [2.05, 4.69) is 10.3 Å². The molecule has 0 spiro atoms. The average molecular weight is 382 g/mol. The van der Waals surface area contributed by atoms with Crippen LogP contribution in [0.5, 0.6) is 0 Å². The van der Waals surface area contributed by atoms with E-state index in [1.54, 1.807) is 57.3 Å². The summed E-state index contributed by atoms with van der Waals surface area (Å²) in [7, 11) is 0. The molecule has 3 rings (SSSR count). The Hall–Kier alpha value is -3.68. The first-order valence-corrected chi connectivity index (χ1v) is 8.60. The molecule has 8 heteroatoms. The highest BCUT2D eigenvalue weighted by atomic mass is 16.6. The van der Waals surface area contributed by atoms with Gasteiger partial charge in [0.25, 0.3) is 0 Å². The fraction of sp³-hybridized carbons (Fsp3) is 0.200. The van der Waals surface area contributed by atoms with Crippen molar-refractivity contribution in [2.45, 2.75) is 26.4 Å². The van der Waals surface area contributed by atoms with Gasteiger partial charge in [-0.1, -0.05) is 0 Å². The van der Waals surface area contributed by atoms with Crippen LogP contribution >= 0.6 is 0 Å². The second-order valence-electron chi connectivity index (χ2n) is 7.12. The Kier molecular flexibility index (Phi) is 6.15. The molecular weight excluding hydrogens is 356 g/mol. The summed E-state index contributed by atoms with van der Waals surface area (Å²) in [4.78, 5) is 15.6. The number of amides is 1. The minimum absolute atomic E-state index is 0.444. The van der Waals surface area contributed by atoms with E-state index in [1.165, 1.54) is 0 Å². The molecule has 0 unspecified atom stereocenters. The molecule has 0 saturated heterocycles. The van der Waals surface area contributed by atoms with Crippen LogP contribution in [0.25, 0.3) is 10.9 Å². The number of aromatic nitrogens is 1. The Morgan fingerprint density at radius 3 is 2.25 bits per heavy atom. The number of nitrogens with two attached hydrogens (primary N) is 4. The molecule has 0 aliphatic carbocycles. The van der Waals surface area contributed by atoms with Crippen LogP contribution in [0, 0.1) is 0 Å². The van der Waals surface area contributed by atoms with Gasteiger partial charge in [0.1, 0.15) is 5.60 Å². The van der Waals surface area contributed by atoms with Crippen molar-refractivity contribution in [2.24, 2.45) is 0 Å². The third-order valence-electron chi connectivity index (χ3n) is 3.55. The molecule has 0 aliphatic rings. The quantitative estimate of drug-likeness (QED) is 0.403. The fourth-order valence-electron chi connectivity index (χ4n) is 2.31. The summed E-state index contributed by atoms with van der Waals surface area (Å²) in [6, 6.07) is 12.2. The highest BCUT2D eigenvalue weighted by molar-refractivity contribution is 5.97. The van der Waals surface area contributed by atoms with Gasteiger partial charge in [-0.15, -0.1) is 0 Å². The predicted molar refractivity (Wildman–Crippen MR) is 116 cm³/mol. The van der Waals surface area contributed by atoms with Crippen molar-refractivity contribution in [1.29, 1.82) is 0 Å². The van der Waals surface area contributed by atoms with Crippen LogP contribution in [0.3, 0.4) is 0 Å². The molecule has 9 N–H and O–H groups in total. The lowest BCUT2D eigenvalue weighted by Gasteiger charge is -2.20. The zero-order valence-corrected chi connectivity index (χ0v) is 16.2. The highest BCUT2D eigenvalue weighted by Gasteiger charge is 2.16. The van der Waals surface area contributed by atoms with Gasteiger partial charge in [-0.05, 0) is 63.2 Å². The SMILES string of the molecule is CC(C)(C)OC(=O)Nc1cc(N)ccc1N.Nc1ccc(N)c2ncccc12. The molecule has 0 saturated carbocycles. The summed E-state index contributed by atoms with van der Waals surface area (Å²) >= 11 is 0. The number of nitrogens with zero attached hydrogens (tertiary/aromatic N) is 1. The Morgan fingerprint density at radius 2 is 1.61 bits per heavy atom. The van der Waals surface area contributed by atoms with Gasteiger partial charge in [0.15, 0.2) is 0 Å². The first-order valence-electron chi connectivity index (χ1n) is 8.60. The molecule has 0 bridgehead atoms. The summed E-state index contributed by atoms with van der Waals surface area (Å²) in [6.45, 7) is 5.36. The first-order chi connectivity index (χ1) is 13.1. The molecule has 3 aromatic rings. The van der Waals surface area contributed by atoms with Crippen LogP contribution in [0.4, 0.5) is 33.2 Å². The van der Waals surface area contributed by atoms with Crippen LogP contribution in [0.2, 0.25) is 0 Å². The van der Waals surface area contributed by atoms with Gasteiger partial charge in [-0.3, -0.25) is 10.3 Å². The third-order valence-corrected chi connectivity index (χ3v) is 3.55. The fourth-order valence-corrected chi connectivity index (χ4v) is 2.31. The van der Waals surface area contributed by atoms with Crippen molar-refractivity contribution < 1.29 is 9.53 Å². The van der Waals surface area contributed by atoms with Crippen molar-refractivity contribution in [3.63, 3.8) is 0 Å². The van der Waals surface area contributed by atoms with Crippen LogP contribution in [0.1, 0.15) is 20.8 Å². The van der Waals surface area contributed by atoms with Crippen molar-refractivity contribution in [3.8, 4) is 0 Å². The minimum Gasteiger partial charge on any atom is -0.444 e. The van der Waals surface area contributed by atoms with Crippen molar-refractivity contribution in [2.75, 3.05) is 28.3 Å². The molecular formula is C20H26N6O2. The van der Waals surface area contributed by atoms with Crippen LogP contribution in [-0.4, -0.2) is 16.7 Å². The largest absolute Gasteiger partial charge is 0.444 e. The number of carbonyl (C=O) groups is 1. The summed E-state index contributed by atoms with van der Waals surface area (Å²) in [5.74, 6) is 0. The van der Waals surface area contributed by atoms with Gasteiger partial charge >= 0.3 is 6.09 Å². The van der Waals surface area contributed by atoms with Gasteiger partial charge in [0.05, 0.1) is 22.6 Å². The number of ether oxygens (including phenoxy) is 1. The smallest absolute Gasteiger partial charge is 0.412 e. The Balaban J connectivity index is 0.000000207. The average Bonchev–Trinajstić information content (AvgIpc) is 2.61. The van der Waals surface area contributed by atoms with Gasteiger partial charge in [-0.25, -0.2) is 4.79 Å². The number of pyridine rings is 1. The second kappa shape index (κ2) is 8.34. The number of nitrogens with one attached hydrogen (secondary N) is 1. The van der Waals surface area contributed by atoms with Gasteiger partial charge < -0.3 is 27.7 Å². The molecule has 8 nitrogen and oxygen atoms in total. The lowest BCUT2D eigenvalue weighted by atomic mass is 10.1. The monoisotopic (exact) mass is 382 g/mol. The van der Waals surface area contributed by atoms with Crippen LogP contribution in [-0.2, 0) is 4.74 Å². The normalized spacial score (nSPS) is 10.7. The number of rotatable bonds is 1. The number of anilines is 5. The van der Waals surface area contributed by atoms with Gasteiger partial charge in [0.2, 0.25) is 0 Å². The summed E-state index contributed by atoms with van der Waals surface area (Å²) in [5.41, 5.74) is 25.7. The van der Waals surface area contributed by atoms with E-state index in [0.29, 0.717) is 28.4 Å². The third kappa shape index (κ3) is 5.66. The van der Waals surface area contributed by atoms with E-state index in [9.17, 15) is 4.79 Å². The zero-order valence-electron chi connectivity index (χ0n) is 16.2. The first kappa shape index (κ1) is 20.6. The molecule has 0 radical (unpaired) electrons. The van der Waals surface area contributed by atoms with Gasteiger partial charge in [-0.2, -0.15) is 0 Å². The Labute approximate surface area is 163 Å². The molecule has 148 valence electrons. The van der Waals surface area contributed by atoms with E-state index in [4.69, 9.17) is 27.7 Å². The second-order valence-corrected chi connectivity index (χ2v) is 7.12. The molecule has 0 atom stereocenters. The molecule has 28 heavy (non-hydrogen) atoms. The van der Waals surface area contributed by atoms with E-state index >= 15 is 0 Å². The Bertz CT molecular complexity index is 942. The number of carbonyl (C=O) groups excluding carboxylic acids is 1. The minimum atomic E-state index is -0.551. The molecule has 1 amide bonds. The molecule has 0 fully saturated rings. The van der Waals surface area contributed by atoms with Crippen molar-refractivity contribution in [3.05, 3.63) is 48.7 Å². The number of benzene rings is 2. The van der Waals surface area contributed by atoms with E-state index in [0.717, 1.165) is 10.9 Å². The number of hydrogen-bond donors (Lipinski definition) is 5. The topological polar surface area (TPSA) is 155 Å². The number of hydrogen-bond acceptors (Lipinski definition) is 7. The lowest BCUT2D eigenvalue weighted by molar-refractivity contribution is 0.0636. The van der Waals surface area contributed by atoms with Crippen molar-refractivity contribution in [1.82, 2.24) is 4.98 Å². The predicted octanol–water partition coefficient (Wildman–Crippen LogP) is 3.60. The van der Waals surface area contributed by atoms with E-state index in [-0.39, 0.29) is 0 Å². The molecule has 1 heterocycles. The van der Waals surface area contributed by atoms with Crippen LogP contribution in [0.15, 0.2) is 48.7 Å². The summed E-state index contributed by atoms with van der Waals surface area (Å²) in [5, 5.41) is 3.46. The van der Waals surface area contributed by atoms with E-state index < -0.39 is 11.7 Å². The molecule has 0 aliphatic heterocycles. The maximum atomic E-state index is 11.5.